The summed E-state index contributed by atoms with van der Waals surface area (Å²) < 4.78 is 0. The number of halogens is 1. The molecule has 0 aliphatic heterocycles. The molecule has 0 aliphatic rings. The van der Waals surface area contributed by atoms with Gasteiger partial charge in [-0.2, -0.15) is 0 Å². The summed E-state index contributed by atoms with van der Waals surface area (Å²) in [7, 11) is 0. The number of nitrogens with two attached hydrogens (primary N) is 2. The first-order valence-electron chi connectivity index (χ1n) is 6.34. The molecule has 0 saturated heterocycles. The second-order valence-corrected chi connectivity index (χ2v) is 5.44. The molecule has 6 N–H and O–H groups in total. The van der Waals surface area contributed by atoms with Crippen molar-refractivity contribution in [1.29, 1.82) is 0 Å². The molecular weight excluding hydrogens is 268 g/mol. The first-order valence-corrected chi connectivity index (χ1v) is 6.34. The summed E-state index contributed by atoms with van der Waals surface area (Å²) in [5.41, 5.74) is 7.82. The van der Waals surface area contributed by atoms with Crippen LogP contribution in [0.3, 0.4) is 0 Å². The second-order valence-electron chi connectivity index (χ2n) is 5.44. The van der Waals surface area contributed by atoms with Crippen molar-refractivity contribution >= 4 is 24.2 Å². The van der Waals surface area contributed by atoms with Crippen LogP contribution in [0.2, 0.25) is 0 Å². The van der Waals surface area contributed by atoms with E-state index in [0.717, 1.165) is 0 Å². The number of hydrogen-bond donors (Lipinski definition) is 4. The highest BCUT2D eigenvalue weighted by molar-refractivity contribution is 5.89. The molecule has 7 heteroatoms. The molecule has 0 aromatic carbocycles. The summed E-state index contributed by atoms with van der Waals surface area (Å²) in [4.78, 5) is 23.4. The van der Waals surface area contributed by atoms with Gasteiger partial charge in [-0.1, -0.05) is 27.7 Å². The van der Waals surface area contributed by atoms with Crippen LogP contribution in [-0.2, 0) is 9.59 Å². The Balaban J connectivity index is 0. The van der Waals surface area contributed by atoms with Gasteiger partial charge in [-0.3, -0.25) is 15.0 Å². The Kier molecular flexibility index (Phi) is 10.8. The van der Waals surface area contributed by atoms with Crippen LogP contribution < -0.4 is 22.3 Å². The highest BCUT2D eigenvalue weighted by Crippen LogP contribution is 2.07. The van der Waals surface area contributed by atoms with Gasteiger partial charge in [0.05, 0.1) is 6.04 Å². The van der Waals surface area contributed by atoms with Crippen LogP contribution >= 0.6 is 12.4 Å². The maximum absolute atomic E-state index is 11.8. The summed E-state index contributed by atoms with van der Waals surface area (Å²) >= 11 is 0. The molecule has 0 aromatic rings. The molecule has 6 nitrogen and oxygen atoms in total. The van der Waals surface area contributed by atoms with E-state index in [1.54, 1.807) is 0 Å². The summed E-state index contributed by atoms with van der Waals surface area (Å²) in [6.07, 6.45) is 1.12. The van der Waals surface area contributed by atoms with Crippen LogP contribution in [0.4, 0.5) is 0 Å². The lowest BCUT2D eigenvalue weighted by Gasteiger charge is -2.21. The lowest BCUT2D eigenvalue weighted by Crippen LogP contribution is -2.53. The zero-order chi connectivity index (χ0) is 14.3. The number of nitrogens with one attached hydrogen (secondary N) is 2. The standard InChI is InChI=1S/C12H26N4O2.ClH/c1-7(2)5-9(13)11(17)15-10(6-8(3)4)12(18)16-14;/h7-10H,5-6,13-14H2,1-4H3,(H,15,17)(H,16,18);1H. The van der Waals surface area contributed by atoms with Crippen molar-refractivity contribution in [3.63, 3.8) is 0 Å². The zero-order valence-corrected chi connectivity index (χ0v) is 12.9. The molecule has 19 heavy (non-hydrogen) atoms. The number of carbonyl (C=O) groups excluding carboxylic acids is 2. The molecule has 2 atom stereocenters. The molecule has 0 radical (unpaired) electrons. The van der Waals surface area contributed by atoms with Crippen LogP contribution in [0.15, 0.2) is 0 Å². The van der Waals surface area contributed by atoms with E-state index in [1.165, 1.54) is 0 Å². The van der Waals surface area contributed by atoms with Crippen LogP contribution in [-0.4, -0.2) is 23.9 Å². The predicted octanol–water partition coefficient (Wildman–Crippen LogP) is 0.302. The molecule has 0 bridgehead atoms. The van der Waals surface area contributed by atoms with Crippen molar-refractivity contribution in [2.24, 2.45) is 23.4 Å². The molecule has 0 rings (SSSR count). The van der Waals surface area contributed by atoms with E-state index in [9.17, 15) is 9.59 Å². The maximum atomic E-state index is 11.8. The molecule has 2 unspecified atom stereocenters. The number of amides is 2. The second kappa shape index (κ2) is 10.00. The first kappa shape index (κ1) is 20.5. The van der Waals surface area contributed by atoms with Gasteiger partial charge in [0.1, 0.15) is 6.04 Å². The van der Waals surface area contributed by atoms with E-state index in [2.05, 4.69) is 10.7 Å². The third kappa shape index (κ3) is 8.80. The Morgan fingerprint density at radius 3 is 1.84 bits per heavy atom. The first-order chi connectivity index (χ1) is 8.27. The van der Waals surface area contributed by atoms with Gasteiger partial charge < -0.3 is 11.1 Å². The molecular formula is C12H27ClN4O2. The van der Waals surface area contributed by atoms with Gasteiger partial charge in [0.2, 0.25) is 5.91 Å². The van der Waals surface area contributed by atoms with Gasteiger partial charge in [-0.25, -0.2) is 5.84 Å². The fourth-order valence-electron chi connectivity index (χ4n) is 1.70. The Hall–Kier alpha value is -0.850. The largest absolute Gasteiger partial charge is 0.343 e. The molecule has 0 fully saturated rings. The highest BCUT2D eigenvalue weighted by Gasteiger charge is 2.24. The van der Waals surface area contributed by atoms with Gasteiger partial charge in [0.25, 0.3) is 5.91 Å². The third-order valence-corrected chi connectivity index (χ3v) is 2.54. The average Bonchev–Trinajstić information content (AvgIpc) is 2.25. The van der Waals surface area contributed by atoms with Crippen molar-refractivity contribution in [3.05, 3.63) is 0 Å². The van der Waals surface area contributed by atoms with E-state index >= 15 is 0 Å². The van der Waals surface area contributed by atoms with Crippen LogP contribution in [0.25, 0.3) is 0 Å². The van der Waals surface area contributed by atoms with Crippen molar-refractivity contribution in [3.8, 4) is 0 Å². The molecule has 0 saturated carbocycles. The molecule has 0 heterocycles. The lowest BCUT2D eigenvalue weighted by atomic mass is 10.0. The van der Waals surface area contributed by atoms with Gasteiger partial charge in [-0.15, -0.1) is 12.4 Å². The van der Waals surface area contributed by atoms with Crippen molar-refractivity contribution in [2.75, 3.05) is 0 Å². The number of hydrogen-bond acceptors (Lipinski definition) is 4. The predicted molar refractivity (Wildman–Crippen MR) is 78.4 cm³/mol. The van der Waals surface area contributed by atoms with Gasteiger partial charge in [0, 0.05) is 0 Å². The normalized spacial score (nSPS) is 13.7. The minimum absolute atomic E-state index is 0. The Morgan fingerprint density at radius 1 is 1.00 bits per heavy atom. The topological polar surface area (TPSA) is 110 Å². The Morgan fingerprint density at radius 2 is 1.47 bits per heavy atom. The van der Waals surface area contributed by atoms with Gasteiger partial charge >= 0.3 is 0 Å². The number of rotatable bonds is 7. The molecule has 0 spiro atoms. The third-order valence-electron chi connectivity index (χ3n) is 2.54. The van der Waals surface area contributed by atoms with E-state index in [0.29, 0.717) is 18.8 Å². The van der Waals surface area contributed by atoms with Crippen LogP contribution in [0, 0.1) is 11.8 Å². The van der Waals surface area contributed by atoms with Gasteiger partial charge in [0.15, 0.2) is 0 Å². The Labute approximate surface area is 121 Å². The SMILES string of the molecule is CC(C)CC(N)C(=O)NC(CC(C)C)C(=O)NN.Cl. The smallest absolute Gasteiger partial charge is 0.256 e. The lowest BCUT2D eigenvalue weighted by molar-refractivity contribution is -0.130. The number of hydrazine groups is 1. The quantitative estimate of drug-likeness (QED) is 0.307. The summed E-state index contributed by atoms with van der Waals surface area (Å²) in [5, 5.41) is 2.65. The average molecular weight is 295 g/mol. The van der Waals surface area contributed by atoms with Crippen molar-refractivity contribution in [2.45, 2.75) is 52.6 Å². The van der Waals surface area contributed by atoms with E-state index < -0.39 is 18.0 Å². The minimum atomic E-state index is -0.624. The number of carbonyl (C=O) groups is 2. The fraction of sp³-hybridized carbons (Fsp3) is 0.833. The minimum Gasteiger partial charge on any atom is -0.343 e. The summed E-state index contributed by atoms with van der Waals surface area (Å²) in [6.45, 7) is 7.92. The van der Waals surface area contributed by atoms with Crippen molar-refractivity contribution in [1.82, 2.24) is 10.7 Å². The van der Waals surface area contributed by atoms with Crippen molar-refractivity contribution < 1.29 is 9.59 Å². The Bertz CT molecular complexity index is 285. The molecule has 0 aliphatic carbocycles. The fourth-order valence-corrected chi connectivity index (χ4v) is 1.70. The zero-order valence-electron chi connectivity index (χ0n) is 12.1. The maximum Gasteiger partial charge on any atom is 0.256 e. The van der Waals surface area contributed by atoms with Crippen LogP contribution in [0.1, 0.15) is 40.5 Å². The van der Waals surface area contributed by atoms with E-state index in [-0.39, 0.29) is 24.2 Å². The van der Waals surface area contributed by atoms with E-state index in [4.69, 9.17) is 11.6 Å². The van der Waals surface area contributed by atoms with Crippen LogP contribution in [0.5, 0.6) is 0 Å². The molecule has 114 valence electrons. The van der Waals surface area contributed by atoms with E-state index in [1.807, 2.05) is 27.7 Å². The summed E-state index contributed by atoms with van der Waals surface area (Å²) in [5.74, 6) is 5.00. The highest BCUT2D eigenvalue weighted by atomic mass is 35.5. The molecule has 2 amide bonds. The van der Waals surface area contributed by atoms with Gasteiger partial charge in [-0.05, 0) is 24.7 Å². The monoisotopic (exact) mass is 294 g/mol. The molecule has 0 aromatic heterocycles. The summed E-state index contributed by atoms with van der Waals surface area (Å²) in [6, 6.07) is -1.22.